The number of fused-ring (bicyclic) bond motifs is 1. The van der Waals surface area contributed by atoms with Crippen LogP contribution in [-0.4, -0.2) is 49.4 Å². The summed E-state index contributed by atoms with van der Waals surface area (Å²) in [6, 6.07) is 4.37. The number of aromatic nitrogens is 4. The second-order valence-electron chi connectivity index (χ2n) is 6.94. The van der Waals surface area contributed by atoms with E-state index in [9.17, 15) is 23.1 Å². The number of aromatic amines is 1. The van der Waals surface area contributed by atoms with Crippen LogP contribution in [0.3, 0.4) is 0 Å². The summed E-state index contributed by atoms with van der Waals surface area (Å²) in [6.45, 7) is 4.25. The van der Waals surface area contributed by atoms with Crippen LogP contribution >= 0.6 is 0 Å². The molecule has 0 fully saturated rings. The fourth-order valence-corrected chi connectivity index (χ4v) is 2.91. The number of amides is 1. The minimum absolute atomic E-state index is 0.0354. The maximum Gasteiger partial charge on any atom is 0.405 e. The minimum Gasteiger partial charge on any atom is -0.494 e. The highest BCUT2D eigenvalue weighted by Crippen LogP contribution is 2.30. The van der Waals surface area contributed by atoms with Gasteiger partial charge in [0.05, 0.1) is 23.5 Å². The number of nitrogens with one attached hydrogen (secondary N) is 2. The number of alkyl halides is 3. The van der Waals surface area contributed by atoms with E-state index in [0.29, 0.717) is 34.4 Å². The molecule has 0 bridgehead atoms. The number of halogens is 3. The summed E-state index contributed by atoms with van der Waals surface area (Å²) >= 11 is 0. The van der Waals surface area contributed by atoms with E-state index in [1.165, 1.54) is 29.2 Å². The molecule has 3 rings (SSSR count). The smallest absolute Gasteiger partial charge is 0.405 e. The highest BCUT2D eigenvalue weighted by atomic mass is 19.4. The summed E-state index contributed by atoms with van der Waals surface area (Å²) in [7, 11) is 0. The number of aromatic hydroxyl groups is 1. The molecule has 2 heterocycles. The molecule has 0 aliphatic carbocycles. The van der Waals surface area contributed by atoms with E-state index in [-0.39, 0.29) is 17.5 Å². The normalized spacial score (nSPS) is 12.7. The zero-order valence-corrected chi connectivity index (χ0v) is 16.6. The van der Waals surface area contributed by atoms with Gasteiger partial charge in [-0.2, -0.15) is 23.1 Å². The Morgan fingerprint density at radius 2 is 2.10 bits per heavy atom. The van der Waals surface area contributed by atoms with E-state index < -0.39 is 18.6 Å². The molecule has 1 aromatic carbocycles. The number of aliphatic imine (C=N–C) groups is 1. The quantitative estimate of drug-likeness (QED) is 0.524. The molecule has 0 spiro atoms. The fraction of sp³-hybridized carbons (Fsp3) is 0.368. The molecule has 8 nitrogen and oxygen atoms in total. The Bertz CT molecular complexity index is 1100. The number of benzene rings is 1. The zero-order valence-electron chi connectivity index (χ0n) is 16.6. The predicted octanol–water partition coefficient (Wildman–Crippen LogP) is 3.87. The van der Waals surface area contributed by atoms with E-state index in [0.717, 1.165) is 0 Å². The lowest BCUT2D eigenvalue weighted by Gasteiger charge is -2.09. The first-order valence-corrected chi connectivity index (χ1v) is 9.28. The number of hydrogen-bond acceptors (Lipinski definition) is 5. The van der Waals surface area contributed by atoms with Crippen molar-refractivity contribution in [1.82, 2.24) is 25.3 Å². The maximum absolute atomic E-state index is 12.4. The Balaban J connectivity index is 2.00. The lowest BCUT2D eigenvalue weighted by atomic mass is 10.0. The molecule has 0 saturated carbocycles. The van der Waals surface area contributed by atoms with Crippen LogP contribution in [0.25, 0.3) is 10.9 Å². The first-order valence-electron chi connectivity index (χ1n) is 9.28. The topological polar surface area (TPSA) is 108 Å². The van der Waals surface area contributed by atoms with Gasteiger partial charge in [-0.3, -0.25) is 4.79 Å². The fourth-order valence-electron chi connectivity index (χ4n) is 2.91. The second kappa shape index (κ2) is 8.17. The highest BCUT2D eigenvalue weighted by Gasteiger charge is 2.28. The molecular formula is C19H21F3N6O2. The molecule has 2 aromatic heterocycles. The lowest BCUT2D eigenvalue weighted by Crippen LogP contribution is -2.33. The van der Waals surface area contributed by atoms with Crippen molar-refractivity contribution in [2.75, 3.05) is 6.54 Å². The number of rotatable bonds is 6. The summed E-state index contributed by atoms with van der Waals surface area (Å²) < 4.78 is 37.1. The molecule has 0 aliphatic rings. The molecule has 0 unspecified atom stereocenters. The van der Waals surface area contributed by atoms with Crippen molar-refractivity contribution in [2.24, 2.45) is 4.99 Å². The summed E-state index contributed by atoms with van der Waals surface area (Å²) in [4.78, 5) is 20.9. The van der Waals surface area contributed by atoms with E-state index in [2.05, 4.69) is 20.2 Å². The number of carbonyl (C=O) groups excluding carboxylic acids is 1. The first kappa shape index (κ1) is 21.3. The van der Waals surface area contributed by atoms with E-state index >= 15 is 0 Å². The van der Waals surface area contributed by atoms with Crippen molar-refractivity contribution in [3.63, 3.8) is 0 Å². The van der Waals surface area contributed by atoms with Gasteiger partial charge >= 0.3 is 6.18 Å². The van der Waals surface area contributed by atoms with Crippen molar-refractivity contribution in [1.29, 1.82) is 0 Å². The number of H-pyrrole nitrogens is 1. The lowest BCUT2D eigenvalue weighted by molar-refractivity contribution is -0.123. The van der Waals surface area contributed by atoms with E-state index in [1.807, 2.05) is 26.1 Å². The van der Waals surface area contributed by atoms with Crippen molar-refractivity contribution in [3.05, 3.63) is 35.5 Å². The number of nitrogens with zero attached hydrogens (tertiary/aromatic N) is 4. The van der Waals surface area contributed by atoms with Crippen LogP contribution in [0.15, 0.2) is 29.4 Å². The third-order valence-corrected chi connectivity index (χ3v) is 4.32. The maximum atomic E-state index is 12.4. The second-order valence-corrected chi connectivity index (χ2v) is 6.94. The van der Waals surface area contributed by atoms with Gasteiger partial charge in [-0.25, -0.2) is 4.99 Å². The Kier molecular flexibility index (Phi) is 5.81. The minimum atomic E-state index is -4.51. The Morgan fingerprint density at radius 3 is 2.70 bits per heavy atom. The summed E-state index contributed by atoms with van der Waals surface area (Å²) in [5.74, 6) is -0.668. The first-order chi connectivity index (χ1) is 14.1. The third kappa shape index (κ3) is 4.61. The molecule has 11 heteroatoms. The molecule has 0 atom stereocenters. The molecule has 3 N–H and O–H groups in total. The number of carbonyl (C=O) groups is 1. The van der Waals surface area contributed by atoms with Crippen molar-refractivity contribution >= 4 is 28.3 Å². The molecule has 160 valence electrons. The molecular weight excluding hydrogens is 401 g/mol. The summed E-state index contributed by atoms with van der Waals surface area (Å²) in [5.41, 5.74) is 1.40. The van der Waals surface area contributed by atoms with Gasteiger partial charge < -0.3 is 15.4 Å². The van der Waals surface area contributed by atoms with Gasteiger partial charge in [0, 0.05) is 16.5 Å². The van der Waals surface area contributed by atoms with Crippen LogP contribution in [0.5, 0.6) is 5.88 Å². The average Bonchev–Trinajstić information content (AvgIpc) is 3.27. The van der Waals surface area contributed by atoms with Gasteiger partial charge in [-0.05, 0) is 38.5 Å². The van der Waals surface area contributed by atoms with Crippen LogP contribution in [-0.2, 0) is 0 Å². The monoisotopic (exact) mass is 422 g/mol. The van der Waals surface area contributed by atoms with Crippen molar-refractivity contribution in [2.45, 2.75) is 39.4 Å². The van der Waals surface area contributed by atoms with Crippen molar-refractivity contribution < 1.29 is 23.1 Å². The summed E-state index contributed by atoms with van der Waals surface area (Å²) in [5, 5.41) is 21.1. The largest absolute Gasteiger partial charge is 0.494 e. The molecule has 0 aliphatic heterocycles. The van der Waals surface area contributed by atoms with Crippen LogP contribution in [0, 0.1) is 0 Å². The van der Waals surface area contributed by atoms with Gasteiger partial charge in [0.1, 0.15) is 6.54 Å². The molecule has 1 amide bonds. The predicted molar refractivity (Wildman–Crippen MR) is 105 cm³/mol. The van der Waals surface area contributed by atoms with Crippen LogP contribution < -0.4 is 5.32 Å². The van der Waals surface area contributed by atoms with Crippen LogP contribution in [0.1, 0.15) is 49.2 Å². The highest BCUT2D eigenvalue weighted by molar-refractivity contribution is 6.14. The Labute approximate surface area is 169 Å². The molecule has 0 saturated heterocycles. The van der Waals surface area contributed by atoms with Gasteiger partial charge in [0.15, 0.2) is 11.7 Å². The zero-order chi connectivity index (χ0) is 22.1. The van der Waals surface area contributed by atoms with E-state index in [1.54, 1.807) is 0 Å². The van der Waals surface area contributed by atoms with Crippen molar-refractivity contribution in [3.8, 4) is 5.88 Å². The summed E-state index contributed by atoms with van der Waals surface area (Å²) in [6.07, 6.45) is -2.58. The van der Waals surface area contributed by atoms with E-state index in [4.69, 9.17) is 0 Å². The standard InChI is InChI=1S/C19H21F3N6O2/c1-4-13(25-15-8-24-28(27-15)10(2)3)16-12-7-11(5-6-14(12)26-18(16)30)17(29)23-9-19(20,21)22/h5-8,10,26,30H,4,9H2,1-3H3,(H,23,29). The van der Waals surface area contributed by atoms with Gasteiger partial charge in [-0.15, -0.1) is 5.10 Å². The number of hydrogen-bond donors (Lipinski definition) is 3. The van der Waals surface area contributed by atoms with Crippen LogP contribution in [0.4, 0.5) is 19.0 Å². The Morgan fingerprint density at radius 1 is 1.37 bits per heavy atom. The van der Waals surface area contributed by atoms with Crippen LogP contribution in [0.2, 0.25) is 0 Å². The van der Waals surface area contributed by atoms with Gasteiger partial charge in [-0.1, -0.05) is 6.92 Å². The Hall–Kier alpha value is -3.37. The molecule has 3 aromatic rings. The average molecular weight is 422 g/mol. The SMILES string of the molecule is CCC(=Nc1cnn(C(C)C)n1)c1c(O)[nH]c2ccc(C(=O)NCC(F)(F)F)cc12. The molecule has 30 heavy (non-hydrogen) atoms. The molecule has 0 radical (unpaired) electrons. The van der Waals surface area contributed by atoms with Gasteiger partial charge in [0.25, 0.3) is 5.91 Å². The third-order valence-electron chi connectivity index (χ3n) is 4.32. The van der Waals surface area contributed by atoms with Gasteiger partial charge in [0.2, 0.25) is 0 Å².